The molecule has 0 spiro atoms. The number of ether oxygens (including phenoxy) is 6. The fourth-order valence-electron chi connectivity index (χ4n) is 7.61. The molecule has 2 aliphatic rings. The van der Waals surface area contributed by atoms with E-state index in [9.17, 15) is 9.36 Å². The first-order valence-corrected chi connectivity index (χ1v) is 23.1. The highest BCUT2D eigenvalue weighted by molar-refractivity contribution is 7.48. The van der Waals surface area contributed by atoms with Gasteiger partial charge < -0.3 is 28.4 Å². The van der Waals surface area contributed by atoms with Crippen molar-refractivity contribution in [1.29, 1.82) is 0 Å². The van der Waals surface area contributed by atoms with E-state index in [1.165, 1.54) is 0 Å². The molecule has 0 saturated carbocycles. The first kappa shape index (κ1) is 45.3. The molecule has 0 N–H and O–H groups in total. The predicted octanol–water partition coefficient (Wildman–Crippen LogP) is 11.2. The summed E-state index contributed by atoms with van der Waals surface area (Å²) in [7, 11) is -4.27. The van der Waals surface area contributed by atoms with Crippen LogP contribution >= 0.6 is 7.82 Å². The number of rotatable bonds is 23. The van der Waals surface area contributed by atoms with Crippen LogP contribution in [-0.4, -0.2) is 63.3 Å². The van der Waals surface area contributed by atoms with Gasteiger partial charge in [0.15, 0.2) is 12.4 Å². The number of phosphoric acid groups is 1. The highest BCUT2D eigenvalue weighted by Crippen LogP contribution is 2.53. The summed E-state index contributed by atoms with van der Waals surface area (Å²) in [6.07, 6.45) is -3.84. The van der Waals surface area contributed by atoms with E-state index >= 15 is 0 Å². The monoisotopic (exact) mass is 864 g/mol. The van der Waals surface area contributed by atoms with Gasteiger partial charge in [0.1, 0.15) is 24.9 Å². The van der Waals surface area contributed by atoms with Gasteiger partial charge in [0.2, 0.25) is 0 Å². The number of fused-ring (bicyclic) bond motifs is 3. The summed E-state index contributed by atoms with van der Waals surface area (Å²) in [4.78, 5) is 14.2. The third-order valence-electron chi connectivity index (χ3n) is 10.8. The second-order valence-electron chi connectivity index (χ2n) is 15.4. The molecule has 0 aromatic heterocycles. The largest absolute Gasteiger partial charge is 0.508 e. The van der Waals surface area contributed by atoms with Crippen LogP contribution in [0.1, 0.15) is 73.3 Å². The van der Waals surface area contributed by atoms with Crippen molar-refractivity contribution in [3.8, 4) is 11.1 Å². The maximum atomic E-state index is 14.5. The summed E-state index contributed by atoms with van der Waals surface area (Å²) in [5.41, 5.74) is 6.99. The standard InChI is InChI=1S/C50H57O11P/c1-3-5-30-57-62(52,58-31-6-4-2)61-49-48(55-34-39-24-14-9-15-25-39)47(60-50(51)56-35-44-42-28-18-16-26-40(42)41-27-17-19-29-43(41)44)46(54-33-38-22-12-8-13-23-38)45(59-49)36-53-32-37-20-10-7-11-21-37/h7-29,44-49H,3-6,30-36H2,1-2H3/t45-,46+,47+,48-,49-/m1/s1. The van der Waals surface area contributed by atoms with E-state index in [1.54, 1.807) is 0 Å². The van der Waals surface area contributed by atoms with Crippen molar-refractivity contribution in [3.05, 3.63) is 167 Å². The predicted molar refractivity (Wildman–Crippen MR) is 235 cm³/mol. The lowest BCUT2D eigenvalue weighted by molar-refractivity contribution is -0.305. The summed E-state index contributed by atoms with van der Waals surface area (Å²) < 4.78 is 71.3. The fourth-order valence-corrected chi connectivity index (χ4v) is 8.94. The minimum Gasteiger partial charge on any atom is -0.433 e. The molecule has 0 unspecified atom stereocenters. The zero-order chi connectivity index (χ0) is 43.0. The molecule has 1 aliphatic heterocycles. The van der Waals surface area contributed by atoms with Crippen LogP contribution in [0.25, 0.3) is 11.1 Å². The summed E-state index contributed by atoms with van der Waals surface area (Å²) >= 11 is 0. The Morgan fingerprint density at radius 1 is 0.581 bits per heavy atom. The Hall–Kier alpha value is -4.68. The number of carbonyl (C=O) groups excluding carboxylic acids is 1. The molecular weight excluding hydrogens is 808 g/mol. The molecule has 5 aromatic rings. The average Bonchev–Trinajstić information content (AvgIpc) is 3.62. The van der Waals surface area contributed by atoms with E-state index in [0.29, 0.717) is 12.8 Å². The number of hydrogen-bond donors (Lipinski definition) is 0. The Bertz CT molecular complexity index is 2100. The Labute approximate surface area is 365 Å². The maximum Gasteiger partial charge on any atom is 0.508 e. The van der Waals surface area contributed by atoms with E-state index in [2.05, 4.69) is 24.3 Å². The summed E-state index contributed by atoms with van der Waals surface area (Å²) in [6, 6.07) is 45.2. The Morgan fingerprint density at radius 2 is 1.06 bits per heavy atom. The number of unbranched alkanes of at least 4 members (excludes halogenated alkanes) is 2. The van der Waals surface area contributed by atoms with Crippen LogP contribution in [0.3, 0.4) is 0 Å². The van der Waals surface area contributed by atoms with Crippen LogP contribution in [-0.2, 0) is 66.4 Å². The van der Waals surface area contributed by atoms with Crippen molar-refractivity contribution >= 4 is 14.0 Å². The topological polar surface area (TPSA) is 117 Å². The molecule has 7 rings (SSSR count). The van der Waals surface area contributed by atoms with Crippen LogP contribution in [0.2, 0.25) is 0 Å². The van der Waals surface area contributed by atoms with Gasteiger partial charge in [-0.15, -0.1) is 0 Å². The molecule has 5 atom stereocenters. The zero-order valence-corrected chi connectivity index (χ0v) is 36.4. The van der Waals surface area contributed by atoms with Crippen LogP contribution in [0.5, 0.6) is 0 Å². The minimum atomic E-state index is -4.27. The van der Waals surface area contributed by atoms with Gasteiger partial charge in [-0.05, 0) is 51.8 Å². The van der Waals surface area contributed by atoms with Crippen LogP contribution in [0, 0.1) is 0 Å². The molecule has 0 radical (unpaired) electrons. The molecule has 0 amide bonds. The number of benzene rings is 5. The fraction of sp³-hybridized carbons (Fsp3) is 0.380. The molecule has 1 aliphatic carbocycles. The lowest BCUT2D eigenvalue weighted by atomic mass is 9.98. The van der Waals surface area contributed by atoms with Gasteiger partial charge in [0, 0.05) is 5.92 Å². The van der Waals surface area contributed by atoms with Crippen molar-refractivity contribution in [2.24, 2.45) is 0 Å². The lowest BCUT2D eigenvalue weighted by Gasteiger charge is -2.45. The third-order valence-corrected chi connectivity index (χ3v) is 12.3. The molecule has 12 heteroatoms. The second kappa shape index (κ2) is 23.1. The molecule has 5 aromatic carbocycles. The molecule has 1 heterocycles. The van der Waals surface area contributed by atoms with Gasteiger partial charge in [0.25, 0.3) is 0 Å². The van der Waals surface area contributed by atoms with Gasteiger partial charge in [-0.2, -0.15) is 0 Å². The first-order chi connectivity index (χ1) is 30.4. The van der Waals surface area contributed by atoms with E-state index in [1.807, 2.05) is 129 Å². The third kappa shape index (κ3) is 12.3. The highest BCUT2D eigenvalue weighted by Gasteiger charge is 2.53. The maximum absolute atomic E-state index is 14.5. The highest BCUT2D eigenvalue weighted by atomic mass is 31.2. The molecule has 0 bridgehead atoms. The summed E-state index contributed by atoms with van der Waals surface area (Å²) in [5, 5.41) is 0. The lowest BCUT2D eigenvalue weighted by Crippen LogP contribution is -2.62. The molecule has 328 valence electrons. The Balaban J connectivity index is 1.22. The SMILES string of the molecule is CCCCOP(=O)(OCCCC)O[C@H]1O[C@H](COCc2ccccc2)[C@H](OCc2ccccc2)[C@H](OC(=O)OCC2c3ccccc3-c3ccccc32)[C@H]1OCc1ccccc1. The van der Waals surface area contributed by atoms with Crippen molar-refractivity contribution in [2.75, 3.05) is 26.4 Å². The summed E-state index contributed by atoms with van der Waals surface area (Å²) in [6.45, 7) is 4.77. The smallest absolute Gasteiger partial charge is 0.433 e. The Morgan fingerprint density at radius 3 is 1.60 bits per heavy atom. The van der Waals surface area contributed by atoms with E-state index in [4.69, 9.17) is 42.0 Å². The van der Waals surface area contributed by atoms with Crippen LogP contribution < -0.4 is 0 Å². The Kier molecular flexibility index (Phi) is 16.9. The van der Waals surface area contributed by atoms with Crippen molar-refractivity contribution < 1.29 is 51.4 Å². The van der Waals surface area contributed by atoms with Gasteiger partial charge in [-0.3, -0.25) is 13.6 Å². The van der Waals surface area contributed by atoms with Crippen molar-refractivity contribution in [3.63, 3.8) is 0 Å². The second-order valence-corrected chi connectivity index (χ2v) is 17.0. The molecule has 62 heavy (non-hydrogen) atoms. The molecule has 1 saturated heterocycles. The number of phosphoric ester groups is 1. The van der Waals surface area contributed by atoms with E-state index < -0.39 is 44.7 Å². The van der Waals surface area contributed by atoms with Crippen molar-refractivity contribution in [1.82, 2.24) is 0 Å². The van der Waals surface area contributed by atoms with Crippen molar-refractivity contribution in [2.45, 2.75) is 96.0 Å². The van der Waals surface area contributed by atoms with Gasteiger partial charge in [0.05, 0.1) is 39.6 Å². The first-order valence-electron chi connectivity index (χ1n) is 21.6. The number of carbonyl (C=O) groups is 1. The van der Waals surface area contributed by atoms with Crippen LogP contribution in [0.15, 0.2) is 140 Å². The normalized spacial score (nSPS) is 19.7. The van der Waals surface area contributed by atoms with Gasteiger partial charge >= 0.3 is 14.0 Å². The quantitative estimate of drug-likeness (QED) is 0.0355. The summed E-state index contributed by atoms with van der Waals surface area (Å²) in [5.74, 6) is -0.207. The average molecular weight is 865 g/mol. The van der Waals surface area contributed by atoms with E-state index in [-0.39, 0.29) is 52.2 Å². The molecule has 1 fully saturated rings. The van der Waals surface area contributed by atoms with Crippen LogP contribution in [0.4, 0.5) is 4.79 Å². The van der Waals surface area contributed by atoms with Gasteiger partial charge in [-0.25, -0.2) is 9.36 Å². The molecular formula is C50H57O11P. The molecule has 11 nitrogen and oxygen atoms in total. The zero-order valence-electron chi connectivity index (χ0n) is 35.5. The van der Waals surface area contributed by atoms with Gasteiger partial charge in [-0.1, -0.05) is 166 Å². The minimum absolute atomic E-state index is 0.0121. The number of hydrogen-bond acceptors (Lipinski definition) is 11. The van der Waals surface area contributed by atoms with E-state index in [0.717, 1.165) is 51.8 Å².